The van der Waals surface area contributed by atoms with Crippen LogP contribution >= 0.6 is 0 Å². The predicted molar refractivity (Wildman–Crippen MR) is 453 cm³/mol. The van der Waals surface area contributed by atoms with Crippen LogP contribution in [-0.4, -0.2) is 127 Å². The molecule has 0 aliphatic heterocycles. The average Bonchev–Trinajstić information content (AvgIpc) is 3.32. The Balaban J connectivity index is -0.0000000254. The zero-order valence-electron chi connectivity index (χ0n) is 76.9. The molecule has 0 aliphatic carbocycles. The third kappa shape index (κ3) is 514. The molecule has 0 heterocycles. The van der Waals surface area contributed by atoms with Crippen LogP contribution in [0.3, 0.4) is 0 Å². The van der Waals surface area contributed by atoms with E-state index in [1.165, 1.54) is 0 Å². The Morgan fingerprint density at radius 2 is 0.252 bits per heavy atom. The molecule has 27 heteroatoms. The summed E-state index contributed by atoms with van der Waals surface area (Å²) in [5.74, 6) is 0. The molecule has 107 heavy (non-hydrogen) atoms. The van der Waals surface area contributed by atoms with Gasteiger partial charge in [0.1, 0.15) is 0 Å². The molecule has 0 saturated heterocycles. The van der Waals surface area contributed by atoms with Crippen molar-refractivity contribution in [2.75, 3.05) is 0 Å². The number of rotatable bonds is 8. The topological polar surface area (TPSA) is 59.6 Å². The monoisotopic (exact) mass is 2600 g/mol. The second-order valence-electron chi connectivity index (χ2n) is 35.1. The van der Waals surface area contributed by atoms with Gasteiger partial charge in [0.25, 0.3) is 0 Å². The van der Waals surface area contributed by atoms with Crippen molar-refractivity contribution in [2.24, 2.45) is 9.98 Å². The van der Waals surface area contributed by atoms with E-state index in [1.54, 1.807) is 0 Å². The SMILES string of the molecule is CC(C)[Si].CC(C)[Si].CC(C)[Si]C(C)C.CC(C)[Si]C(C)C.CC(C)[Si]C(C)C.CC(C)[Si]C(C)C.[C-]#[N+]C(C)(C)C.[C-]#[N+]C(C)(C)C.[C-]#[N+]C(C)(C)C.[C-]#[N+]C(C)(C)C.[C-]#[N+]C(C)(C)C.[C-]#[N+]C(C)(C)C.[C-]#[N+]C(C)(C)C.[C-]#[N+]C(C)(C)C.[CH-]=NC(C)(C)C.[CH-]=NC(C)(C)C.[Pd+2].[Pd].[Pd].[Pd].[Pd].[Pd].[Pd].[Pd].[Pd].[Pd].[Pd]. The molecule has 10 nitrogen and oxygen atoms in total. The first-order valence-corrected chi connectivity index (χ1v) is 39.7. The van der Waals surface area contributed by atoms with Crippen LogP contribution in [0.25, 0.3) is 38.8 Å². The summed E-state index contributed by atoms with van der Waals surface area (Å²) >= 11 is 0. The van der Waals surface area contributed by atoms with Crippen LogP contribution in [0, 0.1) is 52.6 Å². The van der Waals surface area contributed by atoms with E-state index in [0.717, 1.165) is 82.4 Å². The fraction of sp³-hybridized carbons (Fsp3) is 0.875. The van der Waals surface area contributed by atoms with Crippen LogP contribution in [0.2, 0.25) is 55.4 Å². The zero-order valence-corrected chi connectivity index (χ0v) is 100.0. The van der Waals surface area contributed by atoms with E-state index in [9.17, 15) is 0 Å². The van der Waals surface area contributed by atoms with Crippen LogP contribution in [0.1, 0.15) is 346 Å². The minimum atomic E-state index is -0.167. The van der Waals surface area contributed by atoms with Crippen molar-refractivity contribution >= 4 is 72.0 Å². The molecule has 0 unspecified atom stereocenters. The van der Waals surface area contributed by atoms with Crippen LogP contribution in [-0.2, 0) is 225 Å². The Hall–Kier alpha value is 3.85. The summed E-state index contributed by atoms with van der Waals surface area (Å²) in [5, 5.41) is 0. The molecule has 666 valence electrons. The van der Waals surface area contributed by atoms with Crippen molar-refractivity contribution < 1.29 is 225 Å². The summed E-state index contributed by atoms with van der Waals surface area (Å²) in [4.78, 5) is 33.2. The average molecular weight is 2600 g/mol. The summed E-state index contributed by atoms with van der Waals surface area (Å²) < 4.78 is 0. The maximum absolute atomic E-state index is 6.48. The van der Waals surface area contributed by atoms with Gasteiger partial charge in [-0.2, -0.15) is 0 Å². The minimum Gasteiger partial charge on any atom is -0.501 e. The first-order chi connectivity index (χ1) is 41.6. The van der Waals surface area contributed by atoms with Gasteiger partial charge in [-0.25, -0.2) is 52.6 Å². The van der Waals surface area contributed by atoms with Crippen LogP contribution < -0.4 is 0 Å². The summed E-state index contributed by atoms with van der Waals surface area (Å²) in [6, 6.07) is 0. The minimum absolute atomic E-state index is 0. The fourth-order valence-electron chi connectivity index (χ4n) is 2.67. The maximum atomic E-state index is 6.48. The standard InChI is InChI=1S/4C6H14Si.2C5H10N.8C5H9N.2C3H7Si.11Pd/c4*1-5(2)7-6(3)4;10*1-5(2,3)6-4;2*1-3(2)4;;;;;;;;;;;/h4*5-6H,1-4H3;2*4H,1-3H3;8*1-3H3;2*3H,1-2H3;;;;;;;;;;;/q;;;;2*-1;;;;;;;;;;;;;;;;;;;;;+2. The van der Waals surface area contributed by atoms with Crippen molar-refractivity contribution in [3.63, 3.8) is 0 Å². The van der Waals surface area contributed by atoms with E-state index in [4.69, 9.17) is 66.0 Å². The number of hydrogen-bond acceptors (Lipinski definition) is 2. The van der Waals surface area contributed by atoms with E-state index in [1.807, 2.05) is 208 Å². The Kier molecular flexibility index (Phi) is 199. The maximum Gasteiger partial charge on any atom is 2.00 e. The van der Waals surface area contributed by atoms with Crippen LogP contribution in [0.5, 0.6) is 0 Å². The van der Waals surface area contributed by atoms with Gasteiger partial charge in [0, 0.05) is 440 Å². The normalized spacial score (nSPS) is 9.48. The van der Waals surface area contributed by atoms with Gasteiger partial charge < -0.3 is 62.2 Å². The second-order valence-corrected chi connectivity index (χ2v) is 48.0. The smallest absolute Gasteiger partial charge is 0.501 e. The molecule has 0 fully saturated rings. The molecule has 0 aromatic carbocycles. The first-order valence-electron chi connectivity index (χ1n) is 34.0. The van der Waals surface area contributed by atoms with Gasteiger partial charge in [-0.15, -0.1) is 0 Å². The van der Waals surface area contributed by atoms with Gasteiger partial charge in [0.2, 0.25) is 44.3 Å². The molecule has 14 radical (unpaired) electrons. The first kappa shape index (κ1) is 190. The number of hydrogen-bond donors (Lipinski definition) is 0. The Morgan fingerprint density at radius 1 is 0.215 bits per heavy atom. The summed E-state index contributed by atoms with van der Waals surface area (Å²) in [6.07, 6.45) is 0. The van der Waals surface area contributed by atoms with Gasteiger partial charge in [-0.05, 0) is 41.5 Å². The molecule has 0 aliphatic rings. The van der Waals surface area contributed by atoms with Crippen molar-refractivity contribution in [3.8, 4) is 0 Å². The molecule has 0 atom stereocenters. The molecule has 0 aromatic rings. The summed E-state index contributed by atoms with van der Waals surface area (Å²) in [6.45, 7) is 163. The van der Waals surface area contributed by atoms with E-state index >= 15 is 0 Å². The molecule has 0 saturated carbocycles. The van der Waals surface area contributed by atoms with E-state index < -0.39 is 0 Å². The molecule has 0 N–H and O–H groups in total. The van der Waals surface area contributed by atoms with E-state index in [0.29, 0.717) is 11.1 Å². The van der Waals surface area contributed by atoms with Gasteiger partial charge in [-0.3, -0.25) is 0 Å². The Labute approximate surface area is 843 Å². The fourth-order valence-corrected chi connectivity index (χ4v) is 8.00. The molecular formula is C80H162N10Pd11Si6. The van der Waals surface area contributed by atoms with Gasteiger partial charge in [-0.1, -0.05) is 194 Å². The van der Waals surface area contributed by atoms with Crippen molar-refractivity contribution in [3.05, 3.63) is 91.3 Å². The molecule has 0 spiro atoms. The Morgan fingerprint density at radius 3 is 0.252 bits per heavy atom. The zero-order chi connectivity index (χ0) is 82.7. The van der Waals surface area contributed by atoms with Gasteiger partial charge >= 0.3 is 20.4 Å². The van der Waals surface area contributed by atoms with E-state index in [-0.39, 0.29) is 280 Å². The van der Waals surface area contributed by atoms with Crippen LogP contribution in [0.4, 0.5) is 0 Å². The number of nitrogens with zero attached hydrogens (tertiary/aromatic N) is 10. The van der Waals surface area contributed by atoms with Gasteiger partial charge in [0.05, 0.1) is 0 Å². The number of aliphatic imine (C=N–C) groups is 2. The molecule has 0 rings (SSSR count). The second kappa shape index (κ2) is 112. The molecule has 0 amide bonds. The molecular weight excluding hydrogens is 2440 g/mol. The third-order valence-corrected chi connectivity index (χ3v) is 11.5. The molecule has 0 bridgehead atoms. The van der Waals surface area contributed by atoms with Crippen molar-refractivity contribution in [2.45, 2.75) is 457 Å². The summed E-state index contributed by atoms with van der Waals surface area (Å²) in [5.41, 5.74) is 7.06. The summed E-state index contributed by atoms with van der Waals surface area (Å²) in [7, 11) is 11.2. The largest absolute Gasteiger partial charge is 2.00 e. The Bertz CT molecular complexity index is 1670. The molecule has 0 aromatic heterocycles. The van der Waals surface area contributed by atoms with E-state index in [2.05, 4.69) is 208 Å². The van der Waals surface area contributed by atoms with Gasteiger partial charge in [0.15, 0.2) is 0 Å². The van der Waals surface area contributed by atoms with Crippen molar-refractivity contribution in [1.82, 2.24) is 0 Å². The third-order valence-electron chi connectivity index (χ3n) is 6.12. The van der Waals surface area contributed by atoms with Crippen molar-refractivity contribution in [1.29, 1.82) is 0 Å². The predicted octanol–water partition coefficient (Wildman–Crippen LogP) is 27.7. The quantitative estimate of drug-likeness (QED) is 0.132. The van der Waals surface area contributed by atoms with Crippen LogP contribution in [0.15, 0.2) is 9.98 Å².